The van der Waals surface area contributed by atoms with Crippen LogP contribution in [0.4, 0.5) is 5.69 Å². The predicted molar refractivity (Wildman–Crippen MR) is 66.2 cm³/mol. The summed E-state index contributed by atoms with van der Waals surface area (Å²) < 4.78 is 0. The summed E-state index contributed by atoms with van der Waals surface area (Å²) in [5.41, 5.74) is 1.30. The van der Waals surface area contributed by atoms with Gasteiger partial charge in [-0.25, -0.2) is 0 Å². The third-order valence-electron chi connectivity index (χ3n) is 2.23. The van der Waals surface area contributed by atoms with E-state index in [1.54, 1.807) is 24.3 Å². The average Bonchev–Trinajstić information content (AvgIpc) is 2.28. The molecule has 0 aliphatic heterocycles. The molecule has 98 valence electrons. The maximum absolute atomic E-state index is 10.8. The summed E-state index contributed by atoms with van der Waals surface area (Å²) in [7, 11) is 0. The van der Waals surface area contributed by atoms with Crippen molar-refractivity contribution >= 4 is 17.6 Å². The Hall–Kier alpha value is -1.92. The number of rotatable bonds is 6. The summed E-state index contributed by atoms with van der Waals surface area (Å²) in [6.07, 6.45) is -0.782. The second kappa shape index (κ2) is 6.73. The molecule has 0 aliphatic carbocycles. The van der Waals surface area contributed by atoms with Crippen LogP contribution in [0.2, 0.25) is 0 Å². The van der Waals surface area contributed by atoms with Crippen molar-refractivity contribution in [1.29, 1.82) is 0 Å². The summed E-state index contributed by atoms with van der Waals surface area (Å²) in [5.74, 6) is -1.13. The molecule has 1 amide bonds. The minimum atomic E-state index is -0.969. The zero-order valence-corrected chi connectivity index (χ0v) is 10.0. The molecule has 0 fully saturated rings. The molecule has 0 heterocycles. The van der Waals surface area contributed by atoms with Gasteiger partial charge in [-0.1, -0.05) is 12.1 Å². The standard InChI is InChI=1S/C12H16N2O4/c1-8(15)14-10-4-2-9(3-5-10)11(16)6-13-7-12(17)18/h2-5,11,13,16H,6-7H2,1H3,(H,14,15)(H,17,18). The SMILES string of the molecule is CC(=O)Nc1ccc(C(O)CNCC(=O)O)cc1. The van der Waals surface area contributed by atoms with Crippen LogP contribution in [-0.2, 0) is 9.59 Å². The molecule has 6 heteroatoms. The van der Waals surface area contributed by atoms with Crippen molar-refractivity contribution in [3.8, 4) is 0 Å². The van der Waals surface area contributed by atoms with Gasteiger partial charge in [-0.05, 0) is 17.7 Å². The number of hydrogen-bond donors (Lipinski definition) is 4. The van der Waals surface area contributed by atoms with Crippen LogP contribution in [0.3, 0.4) is 0 Å². The molecule has 0 bridgehead atoms. The first-order chi connectivity index (χ1) is 8.49. The molecular formula is C12H16N2O4. The van der Waals surface area contributed by atoms with Gasteiger partial charge in [0.25, 0.3) is 0 Å². The highest BCUT2D eigenvalue weighted by molar-refractivity contribution is 5.88. The van der Waals surface area contributed by atoms with E-state index in [9.17, 15) is 14.7 Å². The summed E-state index contributed by atoms with van der Waals surface area (Å²) in [6.45, 7) is 1.38. The minimum Gasteiger partial charge on any atom is -0.480 e. The average molecular weight is 252 g/mol. The number of carboxylic acid groups (broad SMARTS) is 1. The Balaban J connectivity index is 2.50. The second-order valence-corrected chi connectivity index (χ2v) is 3.84. The molecule has 1 atom stereocenters. The van der Waals surface area contributed by atoms with Crippen LogP contribution in [0.5, 0.6) is 0 Å². The molecule has 0 aliphatic rings. The van der Waals surface area contributed by atoms with Crippen LogP contribution in [-0.4, -0.2) is 35.2 Å². The fourth-order valence-electron chi connectivity index (χ4n) is 1.43. The van der Waals surface area contributed by atoms with E-state index in [1.807, 2.05) is 0 Å². The van der Waals surface area contributed by atoms with Gasteiger partial charge in [0.2, 0.25) is 5.91 Å². The van der Waals surface area contributed by atoms with Gasteiger partial charge in [0.15, 0.2) is 0 Å². The summed E-state index contributed by atoms with van der Waals surface area (Å²) in [6, 6.07) is 6.71. The number of aliphatic hydroxyl groups is 1. The van der Waals surface area contributed by atoms with Crippen molar-refractivity contribution in [3.63, 3.8) is 0 Å². The Morgan fingerprint density at radius 3 is 2.39 bits per heavy atom. The van der Waals surface area contributed by atoms with E-state index in [0.717, 1.165) is 0 Å². The van der Waals surface area contributed by atoms with Crippen LogP contribution < -0.4 is 10.6 Å². The zero-order chi connectivity index (χ0) is 13.5. The van der Waals surface area contributed by atoms with Gasteiger partial charge < -0.3 is 20.8 Å². The molecule has 1 unspecified atom stereocenters. The van der Waals surface area contributed by atoms with Crippen molar-refractivity contribution in [2.24, 2.45) is 0 Å². The maximum atomic E-state index is 10.8. The number of amides is 1. The fourth-order valence-corrected chi connectivity index (χ4v) is 1.43. The molecule has 0 aromatic heterocycles. The normalized spacial score (nSPS) is 11.9. The van der Waals surface area contributed by atoms with E-state index in [0.29, 0.717) is 11.3 Å². The van der Waals surface area contributed by atoms with Gasteiger partial charge in [-0.3, -0.25) is 9.59 Å². The first-order valence-corrected chi connectivity index (χ1v) is 5.47. The molecule has 0 saturated carbocycles. The topological polar surface area (TPSA) is 98.7 Å². The minimum absolute atomic E-state index is 0.159. The van der Waals surface area contributed by atoms with Crippen molar-refractivity contribution in [1.82, 2.24) is 5.32 Å². The summed E-state index contributed by atoms with van der Waals surface area (Å²) in [4.78, 5) is 21.1. The first-order valence-electron chi connectivity index (χ1n) is 5.47. The number of benzene rings is 1. The Bertz CT molecular complexity index is 417. The van der Waals surface area contributed by atoms with Crippen LogP contribution in [0.15, 0.2) is 24.3 Å². The first kappa shape index (κ1) is 14.1. The van der Waals surface area contributed by atoms with E-state index in [-0.39, 0.29) is 19.0 Å². The monoisotopic (exact) mass is 252 g/mol. The number of carbonyl (C=O) groups is 2. The van der Waals surface area contributed by atoms with Crippen LogP contribution in [0.1, 0.15) is 18.6 Å². The van der Waals surface area contributed by atoms with Crippen molar-refractivity contribution in [2.45, 2.75) is 13.0 Å². The van der Waals surface area contributed by atoms with E-state index >= 15 is 0 Å². The molecule has 6 nitrogen and oxygen atoms in total. The quantitative estimate of drug-likeness (QED) is 0.585. The van der Waals surface area contributed by atoms with Gasteiger partial charge in [-0.2, -0.15) is 0 Å². The van der Waals surface area contributed by atoms with Gasteiger partial charge >= 0.3 is 5.97 Å². The highest BCUT2D eigenvalue weighted by Crippen LogP contribution is 2.15. The summed E-state index contributed by atoms with van der Waals surface area (Å²) >= 11 is 0. The molecule has 1 rings (SSSR count). The van der Waals surface area contributed by atoms with Crippen LogP contribution in [0, 0.1) is 0 Å². The van der Waals surface area contributed by atoms with E-state index in [4.69, 9.17) is 5.11 Å². The van der Waals surface area contributed by atoms with Gasteiger partial charge in [-0.15, -0.1) is 0 Å². The van der Waals surface area contributed by atoms with Crippen LogP contribution >= 0.6 is 0 Å². The van der Waals surface area contributed by atoms with Crippen molar-refractivity contribution in [2.75, 3.05) is 18.4 Å². The predicted octanol–water partition coefficient (Wildman–Crippen LogP) is 0.353. The van der Waals surface area contributed by atoms with Gasteiger partial charge in [0.05, 0.1) is 12.6 Å². The van der Waals surface area contributed by atoms with Gasteiger partial charge in [0, 0.05) is 19.2 Å². The maximum Gasteiger partial charge on any atom is 0.317 e. The van der Waals surface area contributed by atoms with Crippen LogP contribution in [0.25, 0.3) is 0 Å². The number of carboxylic acids is 1. The van der Waals surface area contributed by atoms with E-state index in [1.165, 1.54) is 6.92 Å². The summed E-state index contributed by atoms with van der Waals surface area (Å²) in [5, 5.41) is 23.4. The smallest absolute Gasteiger partial charge is 0.317 e. The fraction of sp³-hybridized carbons (Fsp3) is 0.333. The molecule has 0 spiro atoms. The Labute approximate surface area is 105 Å². The lowest BCUT2D eigenvalue weighted by Gasteiger charge is -2.12. The lowest BCUT2D eigenvalue weighted by molar-refractivity contribution is -0.136. The highest BCUT2D eigenvalue weighted by atomic mass is 16.4. The van der Waals surface area contributed by atoms with E-state index < -0.39 is 12.1 Å². The number of nitrogens with one attached hydrogen (secondary N) is 2. The second-order valence-electron chi connectivity index (χ2n) is 3.84. The molecular weight excluding hydrogens is 236 g/mol. The zero-order valence-electron chi connectivity index (χ0n) is 10.0. The molecule has 0 radical (unpaired) electrons. The van der Waals surface area contributed by atoms with Gasteiger partial charge in [0.1, 0.15) is 0 Å². The van der Waals surface area contributed by atoms with E-state index in [2.05, 4.69) is 10.6 Å². The number of anilines is 1. The molecule has 0 saturated heterocycles. The highest BCUT2D eigenvalue weighted by Gasteiger charge is 2.08. The Morgan fingerprint density at radius 1 is 1.28 bits per heavy atom. The molecule has 1 aromatic rings. The van der Waals surface area contributed by atoms with Crippen molar-refractivity contribution in [3.05, 3.63) is 29.8 Å². The third kappa shape index (κ3) is 4.94. The number of carbonyl (C=O) groups excluding carboxylic acids is 1. The molecule has 4 N–H and O–H groups in total. The number of aliphatic hydroxyl groups excluding tert-OH is 1. The molecule has 1 aromatic carbocycles. The lowest BCUT2D eigenvalue weighted by Crippen LogP contribution is -2.27. The Kier molecular flexibility index (Phi) is 5.29. The molecule has 18 heavy (non-hydrogen) atoms. The number of aliphatic carboxylic acids is 1. The largest absolute Gasteiger partial charge is 0.480 e. The Morgan fingerprint density at radius 2 is 1.89 bits per heavy atom. The van der Waals surface area contributed by atoms with Crippen molar-refractivity contribution < 1.29 is 19.8 Å². The lowest BCUT2D eigenvalue weighted by atomic mass is 10.1. The third-order valence-corrected chi connectivity index (χ3v) is 2.23. The number of hydrogen-bond acceptors (Lipinski definition) is 4.